The number of para-hydroxylation sites is 1. The van der Waals surface area contributed by atoms with Gasteiger partial charge in [-0.3, -0.25) is 14.9 Å². The number of carbonyl (C=O) groups is 1. The van der Waals surface area contributed by atoms with Crippen molar-refractivity contribution < 1.29 is 9.72 Å². The van der Waals surface area contributed by atoms with Crippen molar-refractivity contribution in [3.8, 4) is 0 Å². The molecule has 6 nitrogen and oxygen atoms in total. The highest BCUT2D eigenvalue weighted by Crippen LogP contribution is 2.16. The zero-order chi connectivity index (χ0) is 13.4. The van der Waals surface area contributed by atoms with E-state index in [1.807, 2.05) is 0 Å². The van der Waals surface area contributed by atoms with Gasteiger partial charge < -0.3 is 10.6 Å². The van der Waals surface area contributed by atoms with Gasteiger partial charge in [-0.15, -0.1) is 0 Å². The molecule has 0 aromatic heterocycles. The summed E-state index contributed by atoms with van der Waals surface area (Å²) in [5.41, 5.74) is 0.777. The second-order valence-electron chi connectivity index (χ2n) is 3.84. The minimum absolute atomic E-state index is 0.00231. The van der Waals surface area contributed by atoms with Crippen molar-refractivity contribution in [2.24, 2.45) is 0 Å². The Bertz CT molecular complexity index is 421. The fraction of sp³-hybridized carbons (Fsp3) is 0.417. The van der Waals surface area contributed by atoms with E-state index in [0.717, 1.165) is 0 Å². The van der Waals surface area contributed by atoms with Crippen molar-refractivity contribution in [1.29, 1.82) is 0 Å². The Labute approximate surface area is 106 Å². The lowest BCUT2D eigenvalue weighted by atomic mass is 10.2. The molecular formula is C12H17N3O3. The molecule has 1 amide bonds. The van der Waals surface area contributed by atoms with Crippen molar-refractivity contribution >= 4 is 11.6 Å². The van der Waals surface area contributed by atoms with Gasteiger partial charge in [-0.2, -0.15) is 0 Å². The predicted octanol–water partition coefficient (Wildman–Crippen LogP) is 1.21. The SMILES string of the molecule is CNC(=O)CCCNCc1ccccc1[N+](=O)[O-]. The first-order valence-corrected chi connectivity index (χ1v) is 5.78. The highest BCUT2D eigenvalue weighted by atomic mass is 16.6. The van der Waals surface area contributed by atoms with E-state index >= 15 is 0 Å². The molecule has 0 aliphatic carbocycles. The van der Waals surface area contributed by atoms with E-state index in [9.17, 15) is 14.9 Å². The third-order valence-electron chi connectivity index (χ3n) is 2.54. The minimum atomic E-state index is -0.387. The maximum Gasteiger partial charge on any atom is 0.273 e. The molecule has 0 saturated carbocycles. The summed E-state index contributed by atoms with van der Waals surface area (Å²) < 4.78 is 0. The van der Waals surface area contributed by atoms with Gasteiger partial charge in [-0.1, -0.05) is 18.2 Å². The average Bonchev–Trinajstić information content (AvgIpc) is 2.38. The molecular weight excluding hydrogens is 234 g/mol. The first-order chi connectivity index (χ1) is 8.65. The third-order valence-corrected chi connectivity index (χ3v) is 2.54. The molecule has 0 spiro atoms. The van der Waals surface area contributed by atoms with Gasteiger partial charge in [0.05, 0.1) is 4.92 Å². The van der Waals surface area contributed by atoms with Crippen LogP contribution in [0.25, 0.3) is 0 Å². The van der Waals surface area contributed by atoms with Crippen LogP contribution in [-0.2, 0) is 11.3 Å². The van der Waals surface area contributed by atoms with Crippen molar-refractivity contribution in [3.63, 3.8) is 0 Å². The molecule has 0 bridgehead atoms. The Kier molecular flexibility index (Phi) is 5.79. The summed E-state index contributed by atoms with van der Waals surface area (Å²) in [6.45, 7) is 1.09. The van der Waals surface area contributed by atoms with Gasteiger partial charge in [0.15, 0.2) is 0 Å². The Morgan fingerprint density at radius 1 is 1.39 bits per heavy atom. The standard InChI is InChI=1S/C12H17N3O3/c1-13-12(16)7-4-8-14-9-10-5-2-3-6-11(10)15(17)18/h2-3,5-6,14H,4,7-9H2,1H3,(H,13,16). The monoisotopic (exact) mass is 251 g/mol. The summed E-state index contributed by atoms with van der Waals surface area (Å²) in [6, 6.07) is 6.63. The maximum absolute atomic E-state index is 11.0. The first kappa shape index (κ1) is 14.1. The smallest absolute Gasteiger partial charge is 0.273 e. The molecule has 0 unspecified atom stereocenters. The number of nitrogens with one attached hydrogen (secondary N) is 2. The molecule has 18 heavy (non-hydrogen) atoms. The number of nitro groups is 1. The number of hydrogen-bond donors (Lipinski definition) is 2. The predicted molar refractivity (Wildman–Crippen MR) is 68.1 cm³/mol. The van der Waals surface area contributed by atoms with Crippen molar-refractivity contribution in [1.82, 2.24) is 10.6 Å². The highest BCUT2D eigenvalue weighted by Gasteiger charge is 2.11. The van der Waals surface area contributed by atoms with E-state index in [1.54, 1.807) is 25.2 Å². The average molecular weight is 251 g/mol. The molecule has 6 heteroatoms. The van der Waals surface area contributed by atoms with Crippen LogP contribution in [0.3, 0.4) is 0 Å². The van der Waals surface area contributed by atoms with Gasteiger partial charge in [0.2, 0.25) is 5.91 Å². The second kappa shape index (κ2) is 7.39. The molecule has 0 saturated heterocycles. The number of amides is 1. The lowest BCUT2D eigenvalue weighted by Crippen LogP contribution is -2.21. The quantitative estimate of drug-likeness (QED) is 0.433. The van der Waals surface area contributed by atoms with Gasteiger partial charge in [-0.05, 0) is 13.0 Å². The fourth-order valence-electron chi connectivity index (χ4n) is 1.56. The van der Waals surface area contributed by atoms with E-state index in [0.29, 0.717) is 31.5 Å². The third kappa shape index (κ3) is 4.50. The van der Waals surface area contributed by atoms with Crippen LogP contribution in [0.4, 0.5) is 5.69 Å². The van der Waals surface area contributed by atoms with Gasteiger partial charge in [0.1, 0.15) is 0 Å². The van der Waals surface area contributed by atoms with Gasteiger partial charge in [0, 0.05) is 31.6 Å². The Morgan fingerprint density at radius 3 is 2.78 bits per heavy atom. The van der Waals surface area contributed by atoms with E-state index < -0.39 is 0 Å². The maximum atomic E-state index is 11.0. The lowest BCUT2D eigenvalue weighted by Gasteiger charge is -2.05. The summed E-state index contributed by atoms with van der Waals surface area (Å²) >= 11 is 0. The van der Waals surface area contributed by atoms with E-state index in [2.05, 4.69) is 10.6 Å². The molecule has 0 heterocycles. The van der Waals surface area contributed by atoms with Crippen LogP contribution in [0.1, 0.15) is 18.4 Å². The molecule has 0 radical (unpaired) electrons. The number of rotatable bonds is 7. The lowest BCUT2D eigenvalue weighted by molar-refractivity contribution is -0.385. The summed E-state index contributed by atoms with van der Waals surface area (Å²) in [7, 11) is 1.60. The van der Waals surface area contributed by atoms with E-state index in [-0.39, 0.29) is 16.5 Å². The zero-order valence-electron chi connectivity index (χ0n) is 10.3. The van der Waals surface area contributed by atoms with Crippen LogP contribution in [0.5, 0.6) is 0 Å². The summed E-state index contributed by atoms with van der Waals surface area (Å²) in [5, 5.41) is 16.4. The molecule has 0 fully saturated rings. The molecule has 1 aromatic carbocycles. The van der Waals surface area contributed by atoms with Gasteiger partial charge >= 0.3 is 0 Å². The van der Waals surface area contributed by atoms with Crippen LogP contribution in [-0.4, -0.2) is 24.4 Å². The first-order valence-electron chi connectivity index (χ1n) is 5.78. The molecule has 2 N–H and O–H groups in total. The zero-order valence-corrected chi connectivity index (χ0v) is 10.3. The molecule has 0 aliphatic heterocycles. The summed E-state index contributed by atoms with van der Waals surface area (Å²) in [5.74, 6) is 0.00231. The van der Waals surface area contributed by atoms with Gasteiger partial charge in [0.25, 0.3) is 5.69 Å². The highest BCUT2D eigenvalue weighted by molar-refractivity contribution is 5.75. The summed E-state index contributed by atoms with van der Waals surface area (Å²) in [6.07, 6.45) is 1.17. The Morgan fingerprint density at radius 2 is 2.11 bits per heavy atom. The molecule has 98 valence electrons. The van der Waals surface area contributed by atoms with Gasteiger partial charge in [-0.25, -0.2) is 0 Å². The normalized spacial score (nSPS) is 10.1. The van der Waals surface area contributed by atoms with E-state index in [1.165, 1.54) is 6.07 Å². The van der Waals surface area contributed by atoms with E-state index in [4.69, 9.17) is 0 Å². The number of nitrogens with zero attached hydrogens (tertiary/aromatic N) is 1. The minimum Gasteiger partial charge on any atom is -0.359 e. The number of hydrogen-bond acceptors (Lipinski definition) is 4. The number of carbonyl (C=O) groups excluding carboxylic acids is 1. The molecule has 1 aromatic rings. The Balaban J connectivity index is 2.35. The molecule has 0 atom stereocenters. The van der Waals surface area contributed by atoms with Crippen molar-refractivity contribution in [2.45, 2.75) is 19.4 Å². The second-order valence-corrected chi connectivity index (χ2v) is 3.84. The van der Waals surface area contributed by atoms with Crippen LogP contribution < -0.4 is 10.6 Å². The summed E-state index contributed by atoms with van der Waals surface area (Å²) in [4.78, 5) is 21.3. The Hall–Kier alpha value is -1.95. The van der Waals surface area contributed by atoms with Crippen LogP contribution in [0, 0.1) is 10.1 Å². The molecule has 0 aliphatic rings. The largest absolute Gasteiger partial charge is 0.359 e. The fourth-order valence-corrected chi connectivity index (χ4v) is 1.56. The van der Waals surface area contributed by atoms with Crippen LogP contribution in [0.15, 0.2) is 24.3 Å². The van der Waals surface area contributed by atoms with Crippen LogP contribution >= 0.6 is 0 Å². The molecule has 1 rings (SSSR count). The number of benzene rings is 1. The number of nitro benzene ring substituents is 1. The van der Waals surface area contributed by atoms with Crippen LogP contribution in [0.2, 0.25) is 0 Å². The topological polar surface area (TPSA) is 84.3 Å². The van der Waals surface area contributed by atoms with Crippen molar-refractivity contribution in [2.75, 3.05) is 13.6 Å². The van der Waals surface area contributed by atoms with Crippen molar-refractivity contribution in [3.05, 3.63) is 39.9 Å².